The summed E-state index contributed by atoms with van der Waals surface area (Å²) in [6.45, 7) is 11.4. The fourth-order valence-corrected chi connectivity index (χ4v) is 3.06. The van der Waals surface area contributed by atoms with Gasteiger partial charge in [0.25, 0.3) is 0 Å². The van der Waals surface area contributed by atoms with E-state index < -0.39 is 0 Å². The Hall–Kier alpha value is -1.10. The summed E-state index contributed by atoms with van der Waals surface area (Å²) >= 11 is 0. The molecule has 21 heavy (non-hydrogen) atoms. The van der Waals surface area contributed by atoms with Gasteiger partial charge in [-0.2, -0.15) is 0 Å². The highest BCUT2D eigenvalue weighted by molar-refractivity contribution is 5.40. The molecule has 1 aliphatic rings. The van der Waals surface area contributed by atoms with Crippen LogP contribution in [0.1, 0.15) is 25.8 Å². The molecule has 0 spiro atoms. The molecule has 1 fully saturated rings. The SMILES string of the molecule is CCOCCN1CCN(Cc2cccc(N)c2)CC1CC. The molecular formula is C17H29N3O. The quantitative estimate of drug-likeness (QED) is 0.618. The van der Waals surface area contributed by atoms with E-state index in [1.165, 1.54) is 12.0 Å². The van der Waals surface area contributed by atoms with Gasteiger partial charge in [-0.15, -0.1) is 0 Å². The molecule has 2 N–H and O–H groups in total. The normalized spacial score (nSPS) is 20.8. The van der Waals surface area contributed by atoms with Crippen LogP contribution in [0.5, 0.6) is 0 Å². The monoisotopic (exact) mass is 291 g/mol. The molecule has 1 aromatic carbocycles. The molecule has 1 atom stereocenters. The van der Waals surface area contributed by atoms with Crippen LogP contribution in [0.4, 0.5) is 5.69 Å². The summed E-state index contributed by atoms with van der Waals surface area (Å²) in [4.78, 5) is 5.12. The first-order valence-corrected chi connectivity index (χ1v) is 8.11. The van der Waals surface area contributed by atoms with Gasteiger partial charge in [0, 0.05) is 51.1 Å². The lowest BCUT2D eigenvalue weighted by molar-refractivity contribution is 0.0385. The Kier molecular flexibility index (Phi) is 6.49. The summed E-state index contributed by atoms with van der Waals surface area (Å²) in [5.74, 6) is 0. The van der Waals surface area contributed by atoms with Crippen LogP contribution in [0, 0.1) is 0 Å². The van der Waals surface area contributed by atoms with E-state index in [4.69, 9.17) is 10.5 Å². The van der Waals surface area contributed by atoms with Crippen LogP contribution in [0.25, 0.3) is 0 Å². The highest BCUT2D eigenvalue weighted by Crippen LogP contribution is 2.16. The maximum Gasteiger partial charge on any atom is 0.0593 e. The zero-order valence-electron chi connectivity index (χ0n) is 13.4. The van der Waals surface area contributed by atoms with Gasteiger partial charge in [0.2, 0.25) is 0 Å². The van der Waals surface area contributed by atoms with Gasteiger partial charge in [-0.1, -0.05) is 19.1 Å². The van der Waals surface area contributed by atoms with E-state index in [0.29, 0.717) is 6.04 Å². The fourth-order valence-electron chi connectivity index (χ4n) is 3.06. The second kappa shape index (κ2) is 8.37. The van der Waals surface area contributed by atoms with Crippen LogP contribution in [0.15, 0.2) is 24.3 Å². The van der Waals surface area contributed by atoms with Crippen LogP contribution in [-0.2, 0) is 11.3 Å². The highest BCUT2D eigenvalue weighted by Gasteiger charge is 2.25. The molecule has 0 amide bonds. The van der Waals surface area contributed by atoms with Crippen molar-refractivity contribution < 1.29 is 4.74 Å². The number of nitrogen functional groups attached to an aromatic ring is 1. The van der Waals surface area contributed by atoms with Crippen LogP contribution >= 0.6 is 0 Å². The van der Waals surface area contributed by atoms with Gasteiger partial charge in [-0.25, -0.2) is 0 Å². The lowest BCUT2D eigenvalue weighted by atomic mass is 10.1. The van der Waals surface area contributed by atoms with Gasteiger partial charge < -0.3 is 10.5 Å². The third kappa shape index (κ3) is 4.99. The van der Waals surface area contributed by atoms with Crippen molar-refractivity contribution in [3.8, 4) is 0 Å². The summed E-state index contributed by atoms with van der Waals surface area (Å²) in [6.07, 6.45) is 1.19. The van der Waals surface area contributed by atoms with E-state index in [1.54, 1.807) is 0 Å². The molecule has 0 bridgehead atoms. The smallest absolute Gasteiger partial charge is 0.0593 e. The molecule has 1 heterocycles. The Labute approximate surface area is 128 Å². The number of rotatable bonds is 7. The molecule has 0 aromatic heterocycles. The van der Waals surface area contributed by atoms with Crippen molar-refractivity contribution in [1.29, 1.82) is 0 Å². The highest BCUT2D eigenvalue weighted by atomic mass is 16.5. The number of anilines is 1. The average Bonchev–Trinajstić information content (AvgIpc) is 2.48. The van der Waals surface area contributed by atoms with Crippen molar-refractivity contribution in [2.45, 2.75) is 32.9 Å². The fraction of sp³-hybridized carbons (Fsp3) is 0.647. The Balaban J connectivity index is 1.85. The topological polar surface area (TPSA) is 41.7 Å². The second-order valence-corrected chi connectivity index (χ2v) is 5.78. The number of benzene rings is 1. The van der Waals surface area contributed by atoms with Crippen LogP contribution in [-0.4, -0.2) is 55.2 Å². The maximum absolute atomic E-state index is 5.87. The number of nitrogens with zero attached hydrogens (tertiary/aromatic N) is 2. The molecule has 0 aliphatic carbocycles. The van der Waals surface area contributed by atoms with Gasteiger partial charge in [0.05, 0.1) is 6.61 Å². The Morgan fingerprint density at radius 3 is 2.86 bits per heavy atom. The Bertz CT molecular complexity index is 424. The van der Waals surface area contributed by atoms with Crippen molar-refractivity contribution in [1.82, 2.24) is 9.80 Å². The van der Waals surface area contributed by atoms with Crippen LogP contribution in [0.2, 0.25) is 0 Å². The maximum atomic E-state index is 5.87. The molecular weight excluding hydrogens is 262 g/mol. The molecule has 0 saturated carbocycles. The molecule has 4 nitrogen and oxygen atoms in total. The summed E-state index contributed by atoms with van der Waals surface area (Å²) in [5.41, 5.74) is 8.04. The zero-order chi connectivity index (χ0) is 15.1. The average molecular weight is 291 g/mol. The Morgan fingerprint density at radius 2 is 2.14 bits per heavy atom. The van der Waals surface area contributed by atoms with Gasteiger partial charge in [-0.3, -0.25) is 9.80 Å². The number of hydrogen-bond donors (Lipinski definition) is 1. The molecule has 1 aliphatic heterocycles. The summed E-state index contributed by atoms with van der Waals surface area (Å²) in [6, 6.07) is 8.88. The van der Waals surface area contributed by atoms with Gasteiger partial charge in [0.15, 0.2) is 0 Å². The molecule has 118 valence electrons. The van der Waals surface area contributed by atoms with Crippen LogP contribution in [0.3, 0.4) is 0 Å². The van der Waals surface area contributed by atoms with E-state index in [0.717, 1.165) is 51.6 Å². The van der Waals surface area contributed by atoms with Crippen molar-refractivity contribution in [3.63, 3.8) is 0 Å². The predicted molar refractivity (Wildman–Crippen MR) is 88.3 cm³/mol. The number of hydrogen-bond acceptors (Lipinski definition) is 4. The molecule has 4 heteroatoms. The van der Waals surface area contributed by atoms with Gasteiger partial charge in [0.1, 0.15) is 0 Å². The minimum Gasteiger partial charge on any atom is -0.399 e. The number of ether oxygens (including phenoxy) is 1. The van der Waals surface area contributed by atoms with Crippen molar-refractivity contribution >= 4 is 5.69 Å². The van der Waals surface area contributed by atoms with Crippen molar-refractivity contribution in [2.24, 2.45) is 0 Å². The largest absolute Gasteiger partial charge is 0.399 e. The van der Waals surface area contributed by atoms with Gasteiger partial charge >= 0.3 is 0 Å². The molecule has 1 saturated heterocycles. The molecule has 2 rings (SSSR count). The Morgan fingerprint density at radius 1 is 1.29 bits per heavy atom. The number of piperazine rings is 1. The van der Waals surface area contributed by atoms with E-state index in [1.807, 2.05) is 12.1 Å². The third-order valence-corrected chi connectivity index (χ3v) is 4.24. The molecule has 0 radical (unpaired) electrons. The predicted octanol–water partition coefficient (Wildman–Crippen LogP) is 2.20. The molecule has 1 unspecified atom stereocenters. The summed E-state index contributed by atoms with van der Waals surface area (Å²) in [7, 11) is 0. The number of nitrogens with two attached hydrogens (primary N) is 1. The van der Waals surface area contributed by atoms with Crippen molar-refractivity contribution in [2.75, 3.05) is 45.1 Å². The lowest BCUT2D eigenvalue weighted by Crippen LogP contribution is -2.53. The second-order valence-electron chi connectivity index (χ2n) is 5.78. The minimum atomic E-state index is 0.639. The van der Waals surface area contributed by atoms with E-state index in [2.05, 4.69) is 35.8 Å². The first kappa shape index (κ1) is 16.3. The van der Waals surface area contributed by atoms with Crippen molar-refractivity contribution in [3.05, 3.63) is 29.8 Å². The summed E-state index contributed by atoms with van der Waals surface area (Å²) < 4.78 is 5.50. The van der Waals surface area contributed by atoms with E-state index in [-0.39, 0.29) is 0 Å². The molecule has 1 aromatic rings. The zero-order valence-corrected chi connectivity index (χ0v) is 13.4. The summed E-state index contributed by atoms with van der Waals surface area (Å²) in [5, 5.41) is 0. The van der Waals surface area contributed by atoms with Gasteiger partial charge in [-0.05, 0) is 31.0 Å². The minimum absolute atomic E-state index is 0.639. The first-order valence-electron chi connectivity index (χ1n) is 8.11. The lowest BCUT2D eigenvalue weighted by Gasteiger charge is -2.41. The third-order valence-electron chi connectivity index (χ3n) is 4.24. The van der Waals surface area contributed by atoms with Crippen LogP contribution < -0.4 is 5.73 Å². The standard InChI is InChI=1S/C17H29N3O/c1-3-17-14-19(8-9-20(17)10-11-21-4-2)13-15-6-5-7-16(18)12-15/h5-7,12,17H,3-4,8-11,13-14,18H2,1-2H3. The first-order chi connectivity index (χ1) is 10.2. The van der Waals surface area contributed by atoms with E-state index in [9.17, 15) is 0 Å². The van der Waals surface area contributed by atoms with E-state index >= 15 is 0 Å².